The molecule has 0 fully saturated rings. The molecular formula is C18H15ClN2O. The summed E-state index contributed by atoms with van der Waals surface area (Å²) in [6.45, 7) is 1.92. The lowest BCUT2D eigenvalue weighted by Gasteiger charge is -2.22. The summed E-state index contributed by atoms with van der Waals surface area (Å²) >= 11 is 6.19. The van der Waals surface area contributed by atoms with E-state index in [9.17, 15) is 4.79 Å². The van der Waals surface area contributed by atoms with Gasteiger partial charge in [0.2, 0.25) is 5.91 Å². The van der Waals surface area contributed by atoms with E-state index in [1.807, 2.05) is 16.7 Å². The van der Waals surface area contributed by atoms with Crippen molar-refractivity contribution in [2.75, 3.05) is 6.54 Å². The van der Waals surface area contributed by atoms with E-state index in [0.717, 1.165) is 42.4 Å². The van der Waals surface area contributed by atoms with E-state index in [1.165, 1.54) is 22.1 Å². The highest BCUT2D eigenvalue weighted by molar-refractivity contribution is 6.32. The number of hydrogen-bond donors (Lipinski definition) is 1. The molecule has 0 spiro atoms. The van der Waals surface area contributed by atoms with Gasteiger partial charge in [0.1, 0.15) is 0 Å². The SMILES string of the molecule is O=C1CCc2cc3c(c4c5ccc(Cl)cc5n1c24)CCNC3. The lowest BCUT2D eigenvalue weighted by atomic mass is 9.90. The maximum Gasteiger partial charge on any atom is 0.231 e. The van der Waals surface area contributed by atoms with Gasteiger partial charge in [-0.25, -0.2) is 0 Å². The highest BCUT2D eigenvalue weighted by Gasteiger charge is 2.27. The minimum atomic E-state index is 0.184. The molecule has 22 heavy (non-hydrogen) atoms. The van der Waals surface area contributed by atoms with E-state index in [4.69, 9.17) is 11.6 Å². The van der Waals surface area contributed by atoms with Crippen molar-refractivity contribution >= 4 is 39.3 Å². The number of halogens is 1. The zero-order valence-electron chi connectivity index (χ0n) is 12.1. The lowest BCUT2D eigenvalue weighted by molar-refractivity contribution is 0.0908. The van der Waals surface area contributed by atoms with E-state index in [2.05, 4.69) is 17.4 Å². The first kappa shape index (κ1) is 12.7. The molecule has 0 radical (unpaired) electrons. The monoisotopic (exact) mass is 310 g/mol. The quantitative estimate of drug-likeness (QED) is 0.687. The number of rotatable bonds is 0. The first-order valence-electron chi connectivity index (χ1n) is 7.75. The summed E-state index contributed by atoms with van der Waals surface area (Å²) in [7, 11) is 0. The van der Waals surface area contributed by atoms with Crippen LogP contribution >= 0.6 is 11.6 Å². The van der Waals surface area contributed by atoms with Crippen LogP contribution in [0.2, 0.25) is 5.02 Å². The van der Waals surface area contributed by atoms with Crippen LogP contribution in [0.5, 0.6) is 0 Å². The summed E-state index contributed by atoms with van der Waals surface area (Å²) in [5.41, 5.74) is 6.16. The molecule has 0 unspecified atom stereocenters. The first-order chi connectivity index (χ1) is 10.7. The predicted octanol–water partition coefficient (Wildman–Crippen LogP) is 3.68. The second kappa shape index (κ2) is 4.34. The van der Waals surface area contributed by atoms with Gasteiger partial charge >= 0.3 is 0 Å². The number of fused-ring (bicyclic) bond motifs is 5. The number of aryl methyl sites for hydroxylation is 1. The number of carbonyl (C=O) groups is 1. The zero-order chi connectivity index (χ0) is 14.8. The van der Waals surface area contributed by atoms with Crippen LogP contribution in [0.4, 0.5) is 0 Å². The number of nitrogens with zero attached hydrogens (tertiary/aromatic N) is 1. The third-order valence-corrected chi connectivity index (χ3v) is 5.23. The van der Waals surface area contributed by atoms with Crippen LogP contribution in [0.3, 0.4) is 0 Å². The second-order valence-electron chi connectivity index (χ2n) is 6.21. The lowest BCUT2D eigenvalue weighted by Crippen LogP contribution is -2.25. The Morgan fingerprint density at radius 2 is 2.00 bits per heavy atom. The van der Waals surface area contributed by atoms with Crippen LogP contribution in [0, 0.1) is 0 Å². The normalized spacial score (nSPS) is 17.2. The van der Waals surface area contributed by atoms with E-state index < -0.39 is 0 Å². The van der Waals surface area contributed by atoms with Crippen LogP contribution in [0.15, 0.2) is 24.3 Å². The highest BCUT2D eigenvalue weighted by Crippen LogP contribution is 2.40. The van der Waals surface area contributed by atoms with Crippen molar-refractivity contribution in [1.29, 1.82) is 0 Å². The van der Waals surface area contributed by atoms with Crippen molar-refractivity contribution in [3.05, 3.63) is 46.0 Å². The maximum absolute atomic E-state index is 12.5. The average molecular weight is 311 g/mol. The van der Waals surface area contributed by atoms with Gasteiger partial charge in [0.05, 0.1) is 11.0 Å². The Hall–Kier alpha value is -1.84. The van der Waals surface area contributed by atoms with E-state index in [0.29, 0.717) is 11.4 Å². The molecule has 1 N–H and O–H groups in total. The third-order valence-electron chi connectivity index (χ3n) is 5.00. The molecule has 3 heterocycles. The first-order valence-corrected chi connectivity index (χ1v) is 8.13. The third kappa shape index (κ3) is 1.53. The molecule has 0 aliphatic carbocycles. The molecule has 0 bridgehead atoms. The summed E-state index contributed by atoms with van der Waals surface area (Å²) in [6, 6.07) is 8.22. The Balaban J connectivity index is 2.07. The summed E-state index contributed by atoms with van der Waals surface area (Å²) in [5, 5.41) is 6.57. The van der Waals surface area contributed by atoms with E-state index >= 15 is 0 Å². The molecule has 0 saturated carbocycles. The Bertz CT molecular complexity index is 971. The zero-order valence-corrected chi connectivity index (χ0v) is 12.8. The van der Waals surface area contributed by atoms with Crippen molar-refractivity contribution < 1.29 is 4.79 Å². The molecule has 0 atom stereocenters. The van der Waals surface area contributed by atoms with Crippen molar-refractivity contribution in [2.45, 2.75) is 25.8 Å². The van der Waals surface area contributed by atoms with Gasteiger partial charge < -0.3 is 5.32 Å². The standard InChI is InChI=1S/C18H15ClN2O/c19-12-2-3-14-15(8-12)21-16(22)4-1-10-7-11-9-20-6-5-13(11)17(14)18(10)21/h2-3,7-8,20H,1,4-6,9H2. The number of hydrogen-bond acceptors (Lipinski definition) is 2. The summed E-state index contributed by atoms with van der Waals surface area (Å²) in [5.74, 6) is 0.184. The van der Waals surface area contributed by atoms with E-state index in [-0.39, 0.29) is 5.91 Å². The largest absolute Gasteiger partial charge is 0.312 e. The number of carbonyl (C=O) groups excluding carboxylic acids is 1. The average Bonchev–Trinajstić information content (AvgIpc) is 2.87. The number of aromatic nitrogens is 1. The number of nitrogens with one attached hydrogen (secondary N) is 1. The van der Waals surface area contributed by atoms with Gasteiger partial charge in [-0.15, -0.1) is 0 Å². The molecule has 2 aliphatic rings. The molecule has 2 aliphatic heterocycles. The van der Waals surface area contributed by atoms with Crippen molar-refractivity contribution in [1.82, 2.24) is 9.88 Å². The molecule has 3 nitrogen and oxygen atoms in total. The fourth-order valence-corrected chi connectivity index (χ4v) is 4.25. The topological polar surface area (TPSA) is 34.0 Å². The molecular weight excluding hydrogens is 296 g/mol. The second-order valence-corrected chi connectivity index (χ2v) is 6.65. The van der Waals surface area contributed by atoms with Gasteiger partial charge in [0, 0.05) is 28.8 Å². The Morgan fingerprint density at radius 3 is 2.91 bits per heavy atom. The molecule has 3 aromatic rings. The maximum atomic E-state index is 12.5. The summed E-state index contributed by atoms with van der Waals surface area (Å²) in [6.07, 6.45) is 2.43. The van der Waals surface area contributed by atoms with Crippen molar-refractivity contribution in [3.8, 4) is 0 Å². The molecule has 0 saturated heterocycles. The van der Waals surface area contributed by atoms with Crippen molar-refractivity contribution in [3.63, 3.8) is 0 Å². The van der Waals surface area contributed by atoms with Crippen LogP contribution in [-0.4, -0.2) is 17.0 Å². The molecule has 1 aromatic heterocycles. The van der Waals surface area contributed by atoms with Gasteiger partial charge in [-0.1, -0.05) is 23.7 Å². The van der Waals surface area contributed by atoms with Gasteiger partial charge in [0.25, 0.3) is 0 Å². The van der Waals surface area contributed by atoms with Gasteiger partial charge in [0.15, 0.2) is 0 Å². The summed E-state index contributed by atoms with van der Waals surface area (Å²) in [4.78, 5) is 12.5. The predicted molar refractivity (Wildman–Crippen MR) is 88.8 cm³/mol. The van der Waals surface area contributed by atoms with Gasteiger partial charge in [-0.2, -0.15) is 0 Å². The fraction of sp³-hybridized carbons (Fsp3) is 0.278. The molecule has 0 amide bonds. The molecule has 5 rings (SSSR count). The molecule has 2 aromatic carbocycles. The molecule has 110 valence electrons. The van der Waals surface area contributed by atoms with Gasteiger partial charge in [-0.3, -0.25) is 9.36 Å². The Kier molecular flexibility index (Phi) is 2.50. The Labute approximate surface area is 132 Å². The van der Waals surface area contributed by atoms with Crippen LogP contribution < -0.4 is 5.32 Å². The van der Waals surface area contributed by atoms with Crippen LogP contribution in [0.25, 0.3) is 21.8 Å². The fourth-order valence-electron chi connectivity index (χ4n) is 4.08. The Morgan fingerprint density at radius 1 is 1.09 bits per heavy atom. The van der Waals surface area contributed by atoms with Crippen LogP contribution in [0.1, 0.15) is 27.9 Å². The molecule has 4 heteroatoms. The van der Waals surface area contributed by atoms with Gasteiger partial charge in [-0.05, 0) is 48.2 Å². The minimum Gasteiger partial charge on any atom is -0.312 e. The number of benzene rings is 2. The van der Waals surface area contributed by atoms with E-state index in [1.54, 1.807) is 0 Å². The van der Waals surface area contributed by atoms with Crippen molar-refractivity contribution in [2.24, 2.45) is 0 Å². The summed E-state index contributed by atoms with van der Waals surface area (Å²) < 4.78 is 1.90. The van der Waals surface area contributed by atoms with Crippen LogP contribution in [-0.2, 0) is 19.4 Å². The highest BCUT2D eigenvalue weighted by atomic mass is 35.5. The minimum absolute atomic E-state index is 0.184. The smallest absolute Gasteiger partial charge is 0.231 e.